The first-order valence-electron chi connectivity index (χ1n) is 7.09. The maximum atomic E-state index is 12.3. The van der Waals surface area contributed by atoms with E-state index in [0.29, 0.717) is 23.5 Å². The van der Waals surface area contributed by atoms with Crippen molar-refractivity contribution in [2.75, 3.05) is 0 Å². The number of furan rings is 1. The Morgan fingerprint density at radius 1 is 1.25 bits per heavy atom. The van der Waals surface area contributed by atoms with Crippen molar-refractivity contribution in [2.24, 2.45) is 5.92 Å². The number of aliphatic carboxylic acids is 1. The summed E-state index contributed by atoms with van der Waals surface area (Å²) in [6.45, 7) is 3.53. The van der Waals surface area contributed by atoms with Crippen molar-refractivity contribution < 1.29 is 19.1 Å². The fraction of sp³-hybridized carbons (Fsp3) is 0.600. The first kappa shape index (κ1) is 14.6. The highest BCUT2D eigenvalue weighted by Gasteiger charge is 2.31. The van der Waals surface area contributed by atoms with Gasteiger partial charge in [0.2, 0.25) is 0 Å². The van der Waals surface area contributed by atoms with Crippen LogP contribution in [-0.2, 0) is 4.79 Å². The van der Waals surface area contributed by atoms with Crippen molar-refractivity contribution >= 4 is 11.9 Å². The van der Waals surface area contributed by atoms with Crippen LogP contribution in [0, 0.1) is 19.8 Å². The average molecular weight is 279 g/mol. The second-order valence-corrected chi connectivity index (χ2v) is 5.49. The Kier molecular flexibility index (Phi) is 4.47. The molecule has 1 heterocycles. The van der Waals surface area contributed by atoms with Crippen LogP contribution in [0.2, 0.25) is 0 Å². The van der Waals surface area contributed by atoms with Crippen molar-refractivity contribution in [3.05, 3.63) is 23.2 Å². The number of rotatable bonds is 3. The van der Waals surface area contributed by atoms with Gasteiger partial charge in [-0.1, -0.05) is 19.3 Å². The van der Waals surface area contributed by atoms with Crippen LogP contribution in [0.5, 0.6) is 0 Å². The summed E-state index contributed by atoms with van der Waals surface area (Å²) in [6.07, 6.45) is 4.24. The first-order valence-corrected chi connectivity index (χ1v) is 7.09. The molecule has 1 aromatic rings. The van der Waals surface area contributed by atoms with E-state index >= 15 is 0 Å². The molecule has 1 aliphatic carbocycles. The highest BCUT2D eigenvalue weighted by molar-refractivity contribution is 5.95. The third kappa shape index (κ3) is 3.21. The lowest BCUT2D eigenvalue weighted by Crippen LogP contribution is -2.42. The van der Waals surface area contributed by atoms with Gasteiger partial charge in [-0.05, 0) is 32.8 Å². The summed E-state index contributed by atoms with van der Waals surface area (Å²) in [7, 11) is 0. The summed E-state index contributed by atoms with van der Waals surface area (Å²) in [4.78, 5) is 23.6. The molecular weight excluding hydrogens is 258 g/mol. The van der Waals surface area contributed by atoms with Crippen molar-refractivity contribution in [3.8, 4) is 0 Å². The number of carboxylic acids is 1. The zero-order chi connectivity index (χ0) is 14.7. The van der Waals surface area contributed by atoms with Gasteiger partial charge >= 0.3 is 5.97 Å². The molecule has 0 saturated heterocycles. The zero-order valence-corrected chi connectivity index (χ0v) is 11.9. The summed E-state index contributed by atoms with van der Waals surface area (Å²) in [5, 5.41) is 12.2. The fourth-order valence-electron chi connectivity index (χ4n) is 2.88. The number of carboxylic acid groups (broad SMARTS) is 1. The van der Waals surface area contributed by atoms with Crippen molar-refractivity contribution in [1.29, 1.82) is 0 Å². The van der Waals surface area contributed by atoms with E-state index in [1.165, 1.54) is 0 Å². The monoisotopic (exact) mass is 279 g/mol. The van der Waals surface area contributed by atoms with E-state index in [1.807, 2.05) is 0 Å². The molecule has 110 valence electrons. The van der Waals surface area contributed by atoms with E-state index < -0.39 is 11.9 Å². The molecule has 1 aliphatic rings. The number of carbonyl (C=O) groups is 2. The minimum absolute atomic E-state index is 0.238. The highest BCUT2D eigenvalue weighted by atomic mass is 16.4. The van der Waals surface area contributed by atoms with Crippen molar-refractivity contribution in [3.63, 3.8) is 0 Å². The van der Waals surface area contributed by atoms with E-state index in [-0.39, 0.29) is 11.9 Å². The second-order valence-electron chi connectivity index (χ2n) is 5.49. The van der Waals surface area contributed by atoms with Crippen molar-refractivity contribution in [1.82, 2.24) is 5.32 Å². The summed E-state index contributed by atoms with van der Waals surface area (Å²) < 4.78 is 5.35. The molecular formula is C15H21NO4. The average Bonchev–Trinajstić information content (AvgIpc) is 2.60. The molecule has 0 aromatic carbocycles. The van der Waals surface area contributed by atoms with Gasteiger partial charge in [-0.25, -0.2) is 0 Å². The van der Waals surface area contributed by atoms with Gasteiger partial charge in [-0.15, -0.1) is 0 Å². The lowest BCUT2D eigenvalue weighted by Gasteiger charge is -2.22. The van der Waals surface area contributed by atoms with E-state index in [0.717, 1.165) is 25.7 Å². The van der Waals surface area contributed by atoms with Gasteiger partial charge in [-0.3, -0.25) is 9.59 Å². The number of nitrogens with one attached hydrogen (secondary N) is 1. The van der Waals surface area contributed by atoms with E-state index in [4.69, 9.17) is 4.42 Å². The molecule has 2 N–H and O–H groups in total. The number of hydrogen-bond donors (Lipinski definition) is 2. The van der Waals surface area contributed by atoms with Crippen LogP contribution in [-0.4, -0.2) is 23.0 Å². The summed E-state index contributed by atoms with van der Waals surface area (Å²) in [5.41, 5.74) is 0.496. The topological polar surface area (TPSA) is 79.5 Å². The fourth-order valence-corrected chi connectivity index (χ4v) is 2.88. The largest absolute Gasteiger partial charge is 0.481 e. The van der Waals surface area contributed by atoms with Crippen LogP contribution in [0.3, 0.4) is 0 Å². The van der Waals surface area contributed by atoms with E-state index in [1.54, 1.807) is 19.9 Å². The molecule has 0 aliphatic heterocycles. The molecule has 20 heavy (non-hydrogen) atoms. The van der Waals surface area contributed by atoms with E-state index in [2.05, 4.69) is 5.32 Å². The third-order valence-corrected chi connectivity index (χ3v) is 3.94. The molecule has 0 radical (unpaired) electrons. The smallest absolute Gasteiger partial charge is 0.308 e. The lowest BCUT2D eigenvalue weighted by molar-refractivity contribution is -0.142. The van der Waals surface area contributed by atoms with Gasteiger partial charge in [0.15, 0.2) is 0 Å². The Bertz CT molecular complexity index is 506. The molecule has 1 saturated carbocycles. The third-order valence-electron chi connectivity index (χ3n) is 3.94. The first-order chi connectivity index (χ1) is 9.49. The molecule has 1 amide bonds. The molecule has 5 nitrogen and oxygen atoms in total. The standard InChI is InChI=1S/C15H21NO4/c1-9-8-12(10(2)20-9)14(17)16-13-7-5-3-4-6-11(13)15(18)19/h8,11,13H,3-7H2,1-2H3,(H,16,17)(H,18,19). The maximum Gasteiger partial charge on any atom is 0.308 e. The predicted molar refractivity (Wildman–Crippen MR) is 73.6 cm³/mol. The Balaban J connectivity index is 2.11. The van der Waals surface area contributed by atoms with Crippen LogP contribution in [0.4, 0.5) is 0 Å². The summed E-state index contributed by atoms with van der Waals surface area (Å²) >= 11 is 0. The van der Waals surface area contributed by atoms with Gasteiger partial charge in [0, 0.05) is 6.04 Å². The second kappa shape index (κ2) is 6.11. The Labute approximate surface area is 118 Å². The quantitative estimate of drug-likeness (QED) is 0.834. The summed E-state index contributed by atoms with van der Waals surface area (Å²) in [6, 6.07) is 1.40. The SMILES string of the molecule is Cc1cc(C(=O)NC2CCCCCC2C(=O)O)c(C)o1. The highest BCUT2D eigenvalue weighted by Crippen LogP contribution is 2.24. The molecule has 5 heteroatoms. The molecule has 0 spiro atoms. The van der Waals surface area contributed by atoms with Crippen LogP contribution in [0.1, 0.15) is 54.0 Å². The molecule has 0 bridgehead atoms. The number of hydrogen-bond acceptors (Lipinski definition) is 3. The molecule has 1 fully saturated rings. The van der Waals surface area contributed by atoms with Crippen LogP contribution in [0.15, 0.2) is 10.5 Å². The molecule has 2 atom stereocenters. The predicted octanol–water partition coefficient (Wildman–Crippen LogP) is 2.66. The lowest BCUT2D eigenvalue weighted by atomic mass is 9.94. The molecule has 2 unspecified atom stereocenters. The van der Waals surface area contributed by atoms with Crippen LogP contribution < -0.4 is 5.32 Å². The van der Waals surface area contributed by atoms with Gasteiger partial charge in [-0.2, -0.15) is 0 Å². The maximum absolute atomic E-state index is 12.3. The minimum atomic E-state index is -0.822. The Morgan fingerprint density at radius 3 is 2.55 bits per heavy atom. The zero-order valence-electron chi connectivity index (χ0n) is 11.9. The van der Waals surface area contributed by atoms with E-state index in [9.17, 15) is 14.7 Å². The number of aryl methyl sites for hydroxylation is 2. The van der Waals surface area contributed by atoms with Crippen molar-refractivity contribution in [2.45, 2.75) is 52.0 Å². The normalized spacial score (nSPS) is 23.1. The minimum Gasteiger partial charge on any atom is -0.481 e. The van der Waals surface area contributed by atoms with Gasteiger partial charge in [0.1, 0.15) is 11.5 Å². The number of amides is 1. The van der Waals surface area contributed by atoms with Crippen LogP contribution >= 0.6 is 0 Å². The Hall–Kier alpha value is -1.78. The number of carbonyl (C=O) groups excluding carboxylic acids is 1. The van der Waals surface area contributed by atoms with Crippen LogP contribution in [0.25, 0.3) is 0 Å². The Morgan fingerprint density at radius 2 is 1.95 bits per heavy atom. The van der Waals surface area contributed by atoms with Gasteiger partial charge < -0.3 is 14.8 Å². The van der Waals surface area contributed by atoms with Gasteiger partial charge in [0.05, 0.1) is 11.5 Å². The molecule has 2 rings (SSSR count). The summed E-state index contributed by atoms with van der Waals surface area (Å²) in [5.74, 6) is -0.298. The van der Waals surface area contributed by atoms with Gasteiger partial charge in [0.25, 0.3) is 5.91 Å². The molecule has 1 aromatic heterocycles.